The van der Waals surface area contributed by atoms with Crippen LogP contribution in [-0.2, 0) is 14.6 Å². The number of amides is 1. The van der Waals surface area contributed by atoms with Crippen LogP contribution in [0.4, 0.5) is 0 Å². The van der Waals surface area contributed by atoms with Crippen molar-refractivity contribution in [2.45, 2.75) is 38.1 Å². The van der Waals surface area contributed by atoms with Gasteiger partial charge in [-0.15, -0.1) is 0 Å². The molecule has 5 nitrogen and oxygen atoms in total. The molecule has 0 aromatic rings. The van der Waals surface area contributed by atoms with Crippen LogP contribution in [0.15, 0.2) is 0 Å². The molecule has 0 aromatic heterocycles. The molecule has 100 valence electrons. The smallest absolute Gasteiger partial charge is 0.223 e. The number of carbonyl (C=O) groups is 1. The number of hydrogen-bond acceptors (Lipinski definition) is 4. The van der Waals surface area contributed by atoms with Crippen LogP contribution in [0.3, 0.4) is 0 Å². The predicted octanol–water partition coefficient (Wildman–Crippen LogP) is 0.0548. The van der Waals surface area contributed by atoms with Gasteiger partial charge in [0.25, 0.3) is 0 Å². The van der Waals surface area contributed by atoms with Gasteiger partial charge in [-0.3, -0.25) is 4.79 Å². The molecule has 1 saturated carbocycles. The van der Waals surface area contributed by atoms with Crippen molar-refractivity contribution in [3.63, 3.8) is 0 Å². The van der Waals surface area contributed by atoms with E-state index in [1.165, 1.54) is 6.26 Å². The molecule has 0 spiro atoms. The third-order valence-corrected chi connectivity index (χ3v) is 4.11. The van der Waals surface area contributed by atoms with Crippen molar-refractivity contribution in [1.29, 1.82) is 0 Å². The lowest BCUT2D eigenvalue weighted by molar-refractivity contribution is -0.126. The first kappa shape index (κ1) is 14.4. The van der Waals surface area contributed by atoms with Crippen LogP contribution in [0.5, 0.6) is 0 Å². The molecule has 3 N–H and O–H groups in total. The Morgan fingerprint density at radius 1 is 1.41 bits per heavy atom. The molecule has 1 amide bonds. The highest BCUT2D eigenvalue weighted by atomic mass is 32.2. The highest BCUT2D eigenvalue weighted by Gasteiger charge is 2.24. The van der Waals surface area contributed by atoms with Crippen molar-refractivity contribution >= 4 is 15.7 Å². The Kier molecular flexibility index (Phi) is 5.39. The topological polar surface area (TPSA) is 89.3 Å². The molecular weight excluding hydrogens is 240 g/mol. The Hall–Kier alpha value is -0.620. The predicted molar refractivity (Wildman–Crippen MR) is 67.3 cm³/mol. The average Bonchev–Trinajstić information content (AvgIpc) is 2.23. The maximum atomic E-state index is 11.8. The molecule has 0 aliphatic heterocycles. The second-order valence-corrected chi connectivity index (χ2v) is 7.16. The molecule has 0 heterocycles. The number of nitrogens with two attached hydrogens (primary N) is 1. The standard InChI is InChI=1S/C11H22N2O3S/c1-17(15,16)7-3-6-13-11(14)9-4-2-5-10(12)8-9/h9-10H,2-8,12H2,1H3,(H,13,14). The van der Waals surface area contributed by atoms with Crippen LogP contribution in [-0.4, -0.2) is 38.9 Å². The first-order valence-corrected chi connectivity index (χ1v) is 8.15. The minimum atomic E-state index is -2.93. The quantitative estimate of drug-likeness (QED) is 0.685. The largest absolute Gasteiger partial charge is 0.356 e. The van der Waals surface area contributed by atoms with E-state index in [9.17, 15) is 13.2 Å². The van der Waals surface area contributed by atoms with Crippen molar-refractivity contribution in [2.24, 2.45) is 11.7 Å². The molecule has 2 atom stereocenters. The summed E-state index contributed by atoms with van der Waals surface area (Å²) >= 11 is 0. The monoisotopic (exact) mass is 262 g/mol. The van der Waals surface area contributed by atoms with Crippen LogP contribution in [0.25, 0.3) is 0 Å². The highest BCUT2D eigenvalue weighted by molar-refractivity contribution is 7.90. The highest BCUT2D eigenvalue weighted by Crippen LogP contribution is 2.22. The summed E-state index contributed by atoms with van der Waals surface area (Å²) in [6, 6.07) is 0.135. The maximum absolute atomic E-state index is 11.8. The van der Waals surface area contributed by atoms with Gasteiger partial charge in [-0.2, -0.15) is 0 Å². The number of sulfone groups is 1. The maximum Gasteiger partial charge on any atom is 0.223 e. The van der Waals surface area contributed by atoms with Crippen LogP contribution in [0.2, 0.25) is 0 Å². The Morgan fingerprint density at radius 2 is 2.12 bits per heavy atom. The number of hydrogen-bond donors (Lipinski definition) is 2. The van der Waals surface area contributed by atoms with Gasteiger partial charge in [-0.1, -0.05) is 6.42 Å². The van der Waals surface area contributed by atoms with E-state index in [2.05, 4.69) is 5.32 Å². The van der Waals surface area contributed by atoms with Crippen molar-refractivity contribution in [3.8, 4) is 0 Å². The van der Waals surface area contributed by atoms with E-state index in [0.717, 1.165) is 25.7 Å². The summed E-state index contributed by atoms with van der Waals surface area (Å²) in [4.78, 5) is 11.8. The van der Waals surface area contributed by atoms with E-state index in [-0.39, 0.29) is 23.6 Å². The summed E-state index contributed by atoms with van der Waals surface area (Å²) in [5.74, 6) is 0.155. The summed E-state index contributed by atoms with van der Waals surface area (Å²) in [7, 11) is -2.93. The molecule has 2 unspecified atom stereocenters. The lowest BCUT2D eigenvalue weighted by atomic mass is 9.85. The van der Waals surface area contributed by atoms with Gasteiger partial charge >= 0.3 is 0 Å². The van der Waals surface area contributed by atoms with Crippen molar-refractivity contribution in [3.05, 3.63) is 0 Å². The van der Waals surface area contributed by atoms with Gasteiger partial charge in [0.2, 0.25) is 5.91 Å². The fourth-order valence-electron chi connectivity index (χ4n) is 2.16. The summed E-state index contributed by atoms with van der Waals surface area (Å²) in [6.45, 7) is 0.428. The molecule has 6 heteroatoms. The van der Waals surface area contributed by atoms with E-state index in [0.29, 0.717) is 13.0 Å². The number of rotatable bonds is 5. The van der Waals surface area contributed by atoms with Gasteiger partial charge in [-0.05, 0) is 25.7 Å². The molecule has 0 aromatic carbocycles. The van der Waals surface area contributed by atoms with Crippen LogP contribution < -0.4 is 11.1 Å². The van der Waals surface area contributed by atoms with E-state index in [1.807, 2.05) is 0 Å². The van der Waals surface area contributed by atoms with Crippen molar-refractivity contribution in [1.82, 2.24) is 5.32 Å². The van der Waals surface area contributed by atoms with Gasteiger partial charge in [0.05, 0.1) is 5.75 Å². The molecule has 0 saturated heterocycles. The first-order valence-electron chi connectivity index (χ1n) is 6.09. The SMILES string of the molecule is CS(=O)(=O)CCCNC(=O)C1CCCC(N)C1. The second kappa shape index (κ2) is 6.35. The van der Waals surface area contributed by atoms with Crippen LogP contribution >= 0.6 is 0 Å². The third kappa shape index (κ3) is 6.02. The molecule has 1 aliphatic rings. The molecule has 0 bridgehead atoms. The fourth-order valence-corrected chi connectivity index (χ4v) is 2.82. The molecule has 17 heavy (non-hydrogen) atoms. The van der Waals surface area contributed by atoms with E-state index < -0.39 is 9.84 Å². The summed E-state index contributed by atoms with van der Waals surface area (Å²) < 4.78 is 21.8. The summed E-state index contributed by atoms with van der Waals surface area (Å²) in [5, 5.41) is 2.79. The van der Waals surface area contributed by atoms with Crippen molar-refractivity contribution < 1.29 is 13.2 Å². The van der Waals surface area contributed by atoms with Gasteiger partial charge < -0.3 is 11.1 Å². The minimum absolute atomic E-state index is 0.0111. The molecule has 1 rings (SSSR count). The zero-order valence-corrected chi connectivity index (χ0v) is 11.1. The van der Waals surface area contributed by atoms with Gasteiger partial charge in [-0.25, -0.2) is 8.42 Å². The molecule has 0 radical (unpaired) electrons. The lowest BCUT2D eigenvalue weighted by Crippen LogP contribution is -2.38. The number of nitrogens with one attached hydrogen (secondary N) is 1. The van der Waals surface area contributed by atoms with Crippen LogP contribution in [0, 0.1) is 5.92 Å². The fraction of sp³-hybridized carbons (Fsp3) is 0.909. The van der Waals surface area contributed by atoms with Crippen molar-refractivity contribution in [2.75, 3.05) is 18.6 Å². The third-order valence-electron chi connectivity index (χ3n) is 3.08. The van der Waals surface area contributed by atoms with Crippen LogP contribution in [0.1, 0.15) is 32.1 Å². The Bertz CT molecular complexity index is 354. The zero-order chi connectivity index (χ0) is 12.9. The Morgan fingerprint density at radius 3 is 2.71 bits per heavy atom. The zero-order valence-electron chi connectivity index (χ0n) is 10.3. The van der Waals surface area contributed by atoms with Gasteiger partial charge in [0.15, 0.2) is 0 Å². The summed E-state index contributed by atoms with van der Waals surface area (Å²) in [5.41, 5.74) is 5.82. The first-order chi connectivity index (χ1) is 7.88. The van der Waals surface area contributed by atoms with Gasteiger partial charge in [0, 0.05) is 24.8 Å². The number of carbonyl (C=O) groups excluding carboxylic acids is 1. The molecule has 1 fully saturated rings. The van der Waals surface area contributed by atoms with E-state index in [4.69, 9.17) is 5.73 Å². The second-order valence-electron chi connectivity index (χ2n) is 4.90. The van der Waals surface area contributed by atoms with E-state index in [1.54, 1.807) is 0 Å². The summed E-state index contributed by atoms with van der Waals surface area (Å²) in [6.07, 6.45) is 5.32. The Labute approximate surface area is 103 Å². The molecule has 1 aliphatic carbocycles. The lowest BCUT2D eigenvalue weighted by Gasteiger charge is -2.25. The Balaban J connectivity index is 2.20. The van der Waals surface area contributed by atoms with E-state index >= 15 is 0 Å². The minimum Gasteiger partial charge on any atom is -0.356 e. The average molecular weight is 262 g/mol. The molecular formula is C11H22N2O3S. The van der Waals surface area contributed by atoms with Gasteiger partial charge in [0.1, 0.15) is 9.84 Å². The normalized spacial score (nSPS) is 25.5.